The molecule has 1 aromatic heterocycles. The molecule has 0 amide bonds. The van der Waals surface area contributed by atoms with Crippen LogP contribution >= 0.6 is 0 Å². The van der Waals surface area contributed by atoms with E-state index in [1.54, 1.807) is 0 Å². The van der Waals surface area contributed by atoms with Gasteiger partial charge in [0.1, 0.15) is 41.0 Å². The summed E-state index contributed by atoms with van der Waals surface area (Å²) in [6.45, 7) is -1.16. The number of hydrogen-bond acceptors (Lipinski definition) is 11. The maximum Gasteiger partial charge on any atom is 0.200 e. The number of benzene rings is 2. The fourth-order valence-corrected chi connectivity index (χ4v) is 4.10. The fraction of sp³-hybridized carbons (Fsp3) is 0.348. The van der Waals surface area contributed by atoms with Gasteiger partial charge in [-0.2, -0.15) is 0 Å². The standard InChI is InChI=1S/C23H24O11/c1-31-16-3-10(4-17(32-2)20(16)27)14-7-13(26)19-12(5-11(25)6-15(19)34-14)23(30)9-33-18(8-24)21(28)22(23)29/h3-7,18,21-22,24-25,27-30H,8-9H2,1-2H3/t18-,21-,22+,23+/m1/s1. The van der Waals surface area contributed by atoms with Crippen LogP contribution in [0.5, 0.6) is 23.0 Å². The molecule has 1 saturated heterocycles. The summed E-state index contributed by atoms with van der Waals surface area (Å²) in [6.07, 6.45) is -4.64. The molecule has 0 aliphatic carbocycles. The van der Waals surface area contributed by atoms with Crippen molar-refractivity contribution in [2.45, 2.75) is 23.9 Å². The van der Waals surface area contributed by atoms with E-state index in [0.717, 1.165) is 18.2 Å². The molecule has 1 aliphatic heterocycles. The van der Waals surface area contributed by atoms with Gasteiger partial charge in [0, 0.05) is 23.3 Å². The Kier molecular flexibility index (Phi) is 6.14. The highest BCUT2D eigenvalue weighted by atomic mass is 16.5. The van der Waals surface area contributed by atoms with E-state index in [4.69, 9.17) is 18.6 Å². The molecule has 182 valence electrons. The zero-order valence-electron chi connectivity index (χ0n) is 18.3. The molecule has 4 atom stereocenters. The van der Waals surface area contributed by atoms with Gasteiger partial charge >= 0.3 is 0 Å². The van der Waals surface area contributed by atoms with E-state index < -0.39 is 42.6 Å². The second-order valence-corrected chi connectivity index (χ2v) is 7.96. The predicted molar refractivity (Wildman–Crippen MR) is 117 cm³/mol. The van der Waals surface area contributed by atoms with Crippen LogP contribution in [0.25, 0.3) is 22.3 Å². The Balaban J connectivity index is 1.91. The van der Waals surface area contributed by atoms with Crippen LogP contribution in [-0.4, -0.2) is 76.4 Å². The lowest BCUT2D eigenvalue weighted by molar-refractivity contribution is -0.244. The van der Waals surface area contributed by atoms with Crippen molar-refractivity contribution >= 4 is 11.0 Å². The van der Waals surface area contributed by atoms with Crippen LogP contribution in [0.4, 0.5) is 0 Å². The second kappa shape index (κ2) is 8.78. The third-order valence-corrected chi connectivity index (χ3v) is 5.94. The van der Waals surface area contributed by atoms with Crippen molar-refractivity contribution in [1.29, 1.82) is 0 Å². The van der Waals surface area contributed by atoms with Crippen molar-refractivity contribution < 1.29 is 49.3 Å². The number of hydrogen-bond donors (Lipinski definition) is 6. The Morgan fingerprint density at radius 3 is 2.29 bits per heavy atom. The lowest BCUT2D eigenvalue weighted by atomic mass is 9.80. The Hall–Kier alpha value is -3.35. The molecule has 0 spiro atoms. The number of methoxy groups -OCH3 is 2. The number of fused-ring (bicyclic) bond motifs is 1. The maximum absolute atomic E-state index is 13.2. The monoisotopic (exact) mass is 476 g/mol. The molecule has 2 heterocycles. The molecule has 1 aliphatic rings. The molecular formula is C23H24O11. The first-order chi connectivity index (χ1) is 16.1. The van der Waals surface area contributed by atoms with E-state index in [9.17, 15) is 35.4 Å². The molecule has 6 N–H and O–H groups in total. The quantitative estimate of drug-likeness (QED) is 0.296. The highest BCUT2D eigenvalue weighted by Gasteiger charge is 2.50. The predicted octanol–water partition coefficient (Wildman–Crippen LogP) is 0.189. The summed E-state index contributed by atoms with van der Waals surface area (Å²) in [4.78, 5) is 13.2. The van der Waals surface area contributed by atoms with Crippen LogP contribution in [0, 0.1) is 0 Å². The van der Waals surface area contributed by atoms with E-state index >= 15 is 0 Å². The lowest BCUT2D eigenvalue weighted by Gasteiger charge is -2.43. The van der Waals surface area contributed by atoms with Crippen molar-refractivity contribution in [2.75, 3.05) is 27.4 Å². The van der Waals surface area contributed by atoms with Crippen molar-refractivity contribution in [2.24, 2.45) is 0 Å². The highest BCUT2D eigenvalue weighted by molar-refractivity contribution is 5.85. The number of aliphatic hydroxyl groups is 4. The minimum atomic E-state index is -2.29. The van der Waals surface area contributed by atoms with Crippen LogP contribution in [0.2, 0.25) is 0 Å². The van der Waals surface area contributed by atoms with E-state index in [1.165, 1.54) is 26.4 Å². The van der Waals surface area contributed by atoms with Crippen LogP contribution in [-0.2, 0) is 10.3 Å². The SMILES string of the molecule is COc1cc(-c2cc(=O)c3c([C@@]4(O)CO[C@H](CO)[C@@H](O)[C@@H]4O)cc(O)cc3o2)cc(OC)c1O. The van der Waals surface area contributed by atoms with Gasteiger partial charge in [0.15, 0.2) is 16.9 Å². The van der Waals surface area contributed by atoms with Gasteiger partial charge in [-0.1, -0.05) is 0 Å². The van der Waals surface area contributed by atoms with Gasteiger partial charge in [0.05, 0.1) is 32.8 Å². The Morgan fingerprint density at radius 2 is 1.71 bits per heavy atom. The van der Waals surface area contributed by atoms with Gasteiger partial charge in [-0.05, 0) is 18.2 Å². The minimum Gasteiger partial charge on any atom is -0.508 e. The summed E-state index contributed by atoms with van der Waals surface area (Å²) in [5.74, 6) is -0.456. The molecule has 0 bridgehead atoms. The molecule has 0 saturated carbocycles. The van der Waals surface area contributed by atoms with Crippen LogP contribution in [0.3, 0.4) is 0 Å². The summed E-state index contributed by atoms with van der Waals surface area (Å²) in [5, 5.41) is 61.7. The van der Waals surface area contributed by atoms with Crippen molar-refractivity contribution in [3.8, 4) is 34.3 Å². The first-order valence-electron chi connectivity index (χ1n) is 10.2. The van der Waals surface area contributed by atoms with Crippen molar-refractivity contribution in [3.05, 3.63) is 46.1 Å². The molecule has 3 aromatic rings. The molecular weight excluding hydrogens is 452 g/mol. The largest absolute Gasteiger partial charge is 0.508 e. The van der Waals surface area contributed by atoms with Gasteiger partial charge in [0.2, 0.25) is 5.75 Å². The van der Waals surface area contributed by atoms with Crippen molar-refractivity contribution in [3.63, 3.8) is 0 Å². The number of ether oxygens (including phenoxy) is 3. The molecule has 2 aromatic carbocycles. The maximum atomic E-state index is 13.2. The Labute approximate surface area is 192 Å². The van der Waals surface area contributed by atoms with Crippen LogP contribution in [0.1, 0.15) is 5.56 Å². The minimum absolute atomic E-state index is 0.0402. The average Bonchev–Trinajstić information content (AvgIpc) is 2.82. The number of phenols is 2. The summed E-state index contributed by atoms with van der Waals surface area (Å²) < 4.78 is 21.4. The van der Waals surface area contributed by atoms with E-state index in [2.05, 4.69) is 0 Å². The number of aromatic hydroxyl groups is 2. The Bertz CT molecular complexity index is 1260. The molecule has 0 radical (unpaired) electrons. The smallest absolute Gasteiger partial charge is 0.200 e. The number of phenolic OH excluding ortho intramolecular Hbond substituents is 2. The first-order valence-corrected chi connectivity index (χ1v) is 10.2. The normalized spacial score (nSPS) is 24.8. The third kappa shape index (κ3) is 3.73. The molecule has 0 unspecified atom stereocenters. The number of aliphatic hydroxyl groups excluding tert-OH is 3. The van der Waals surface area contributed by atoms with Gasteiger partial charge in [-0.15, -0.1) is 0 Å². The summed E-state index contributed by atoms with van der Waals surface area (Å²) in [7, 11) is 2.68. The summed E-state index contributed by atoms with van der Waals surface area (Å²) in [6, 6.07) is 6.20. The van der Waals surface area contributed by atoms with E-state index in [1.807, 2.05) is 0 Å². The van der Waals surface area contributed by atoms with Crippen molar-refractivity contribution in [1.82, 2.24) is 0 Å². The molecule has 11 heteroatoms. The zero-order chi connectivity index (χ0) is 24.8. The molecule has 1 fully saturated rings. The van der Waals surface area contributed by atoms with Crippen LogP contribution in [0.15, 0.2) is 39.5 Å². The third-order valence-electron chi connectivity index (χ3n) is 5.94. The Morgan fingerprint density at radius 1 is 1.06 bits per heavy atom. The van der Waals surface area contributed by atoms with E-state index in [-0.39, 0.29) is 45.3 Å². The van der Waals surface area contributed by atoms with Gasteiger partial charge in [-0.25, -0.2) is 0 Å². The van der Waals surface area contributed by atoms with Crippen LogP contribution < -0.4 is 14.9 Å². The average molecular weight is 476 g/mol. The number of rotatable bonds is 5. The van der Waals surface area contributed by atoms with Gasteiger partial charge < -0.3 is 49.3 Å². The van der Waals surface area contributed by atoms with Gasteiger partial charge in [-0.3, -0.25) is 4.79 Å². The molecule has 11 nitrogen and oxygen atoms in total. The topological polar surface area (TPSA) is 179 Å². The fourth-order valence-electron chi connectivity index (χ4n) is 4.10. The second-order valence-electron chi connectivity index (χ2n) is 7.96. The summed E-state index contributed by atoms with van der Waals surface area (Å²) in [5.41, 5.74) is -2.94. The first kappa shape index (κ1) is 23.8. The van der Waals surface area contributed by atoms with Gasteiger partial charge in [0.25, 0.3) is 0 Å². The highest BCUT2D eigenvalue weighted by Crippen LogP contribution is 2.42. The summed E-state index contributed by atoms with van der Waals surface area (Å²) >= 11 is 0. The lowest BCUT2D eigenvalue weighted by Crippen LogP contribution is -2.60. The zero-order valence-corrected chi connectivity index (χ0v) is 18.3. The van der Waals surface area contributed by atoms with E-state index in [0.29, 0.717) is 5.56 Å². The molecule has 4 rings (SSSR count). The molecule has 34 heavy (non-hydrogen) atoms.